The number of para-hydroxylation sites is 2. The van der Waals surface area contributed by atoms with E-state index in [9.17, 15) is 0 Å². The van der Waals surface area contributed by atoms with Crippen molar-refractivity contribution in [1.82, 2.24) is 9.97 Å². The molecule has 0 N–H and O–H groups in total. The minimum atomic E-state index is 0.360. The normalized spacial score (nSPS) is 11.1. The van der Waals surface area contributed by atoms with Crippen LogP contribution in [0.3, 0.4) is 0 Å². The molecule has 0 aliphatic rings. The van der Waals surface area contributed by atoms with Gasteiger partial charge in [0.2, 0.25) is 5.88 Å². The van der Waals surface area contributed by atoms with Gasteiger partial charge >= 0.3 is 0 Å². The smallest absolute Gasteiger partial charge is 0.238 e. The first-order valence-corrected chi connectivity index (χ1v) is 6.41. The fourth-order valence-electron chi connectivity index (χ4n) is 1.93. The Morgan fingerprint density at radius 1 is 1.00 bits per heavy atom. The fraction of sp³-hybridized carbons (Fsp3) is 0. The second kappa shape index (κ2) is 5.85. The van der Waals surface area contributed by atoms with Crippen LogP contribution in [0.25, 0.3) is 16.8 Å². The van der Waals surface area contributed by atoms with E-state index in [1.54, 1.807) is 6.20 Å². The molecule has 0 atom stereocenters. The summed E-state index contributed by atoms with van der Waals surface area (Å²) in [6.07, 6.45) is 2.91. The van der Waals surface area contributed by atoms with E-state index in [4.69, 9.17) is 10.00 Å². The van der Waals surface area contributed by atoms with E-state index in [0.717, 1.165) is 16.6 Å². The van der Waals surface area contributed by atoms with Gasteiger partial charge in [-0.3, -0.25) is 0 Å². The van der Waals surface area contributed by atoms with E-state index >= 15 is 0 Å². The highest BCUT2D eigenvalue weighted by molar-refractivity contribution is 5.74. The van der Waals surface area contributed by atoms with Crippen LogP contribution in [0.2, 0.25) is 0 Å². The number of hydrogen-bond acceptors (Lipinski definition) is 4. The molecule has 1 aromatic heterocycles. The highest BCUT2D eigenvalue weighted by Crippen LogP contribution is 2.20. The maximum absolute atomic E-state index is 8.91. The molecular formula is C17H11N3O. The van der Waals surface area contributed by atoms with Gasteiger partial charge in [0, 0.05) is 5.56 Å². The SMILES string of the molecule is N#C/C=C(\Oc1cnc2ccccc2n1)c1ccccc1. The van der Waals surface area contributed by atoms with Crippen molar-refractivity contribution in [2.24, 2.45) is 0 Å². The predicted octanol–water partition coefficient (Wildman–Crippen LogP) is 3.57. The molecule has 0 unspecified atom stereocenters. The van der Waals surface area contributed by atoms with Crippen LogP contribution in [0, 0.1) is 11.3 Å². The summed E-state index contributed by atoms with van der Waals surface area (Å²) in [5.41, 5.74) is 2.36. The number of nitrogens with zero attached hydrogens (tertiary/aromatic N) is 3. The summed E-state index contributed by atoms with van der Waals surface area (Å²) in [6, 6.07) is 19.0. The van der Waals surface area contributed by atoms with E-state index < -0.39 is 0 Å². The topological polar surface area (TPSA) is 58.8 Å². The van der Waals surface area contributed by atoms with Gasteiger partial charge < -0.3 is 4.74 Å². The molecule has 0 saturated heterocycles. The average molecular weight is 273 g/mol. The number of aromatic nitrogens is 2. The number of hydrogen-bond donors (Lipinski definition) is 0. The number of fused-ring (bicyclic) bond motifs is 1. The molecular weight excluding hydrogens is 262 g/mol. The van der Waals surface area contributed by atoms with Gasteiger partial charge in [-0.25, -0.2) is 9.97 Å². The first-order chi connectivity index (χ1) is 10.4. The van der Waals surface area contributed by atoms with Gasteiger partial charge in [-0.2, -0.15) is 5.26 Å². The third-order valence-electron chi connectivity index (χ3n) is 2.89. The Morgan fingerprint density at radius 3 is 2.48 bits per heavy atom. The van der Waals surface area contributed by atoms with Crippen LogP contribution in [0.4, 0.5) is 0 Å². The van der Waals surface area contributed by atoms with Gasteiger partial charge in [-0.1, -0.05) is 42.5 Å². The van der Waals surface area contributed by atoms with E-state index in [0.29, 0.717) is 11.6 Å². The molecule has 0 amide bonds. The highest BCUT2D eigenvalue weighted by atomic mass is 16.5. The van der Waals surface area contributed by atoms with Crippen LogP contribution in [-0.2, 0) is 0 Å². The number of ether oxygens (including phenoxy) is 1. The van der Waals surface area contributed by atoms with Crippen molar-refractivity contribution in [3.63, 3.8) is 0 Å². The first kappa shape index (κ1) is 12.8. The molecule has 2 aromatic carbocycles. The number of rotatable bonds is 3. The number of nitriles is 1. The second-order valence-electron chi connectivity index (χ2n) is 4.30. The fourth-order valence-corrected chi connectivity index (χ4v) is 1.93. The van der Waals surface area contributed by atoms with Gasteiger partial charge in [0.15, 0.2) is 0 Å². The molecule has 4 heteroatoms. The first-order valence-electron chi connectivity index (χ1n) is 6.41. The maximum atomic E-state index is 8.91. The highest BCUT2D eigenvalue weighted by Gasteiger charge is 2.06. The Bertz CT molecular complexity index is 835. The van der Waals surface area contributed by atoms with Crippen molar-refractivity contribution in [2.75, 3.05) is 0 Å². The van der Waals surface area contributed by atoms with Crippen molar-refractivity contribution in [3.05, 3.63) is 72.4 Å². The summed E-state index contributed by atoms with van der Waals surface area (Å²) in [6.45, 7) is 0. The molecule has 0 spiro atoms. The van der Waals surface area contributed by atoms with Crippen LogP contribution in [0.15, 0.2) is 66.9 Å². The van der Waals surface area contributed by atoms with Gasteiger partial charge in [0.1, 0.15) is 5.76 Å². The van der Waals surface area contributed by atoms with Crippen LogP contribution >= 0.6 is 0 Å². The molecule has 3 rings (SSSR count). The zero-order valence-corrected chi connectivity index (χ0v) is 11.1. The molecule has 1 heterocycles. The molecule has 0 fully saturated rings. The molecule has 21 heavy (non-hydrogen) atoms. The van der Waals surface area contributed by atoms with Crippen LogP contribution in [0.5, 0.6) is 5.88 Å². The number of allylic oxidation sites excluding steroid dienone is 1. The summed E-state index contributed by atoms with van der Waals surface area (Å²) in [5, 5.41) is 8.91. The Labute approximate surface area is 122 Å². The third-order valence-corrected chi connectivity index (χ3v) is 2.89. The summed E-state index contributed by atoms with van der Waals surface area (Å²) in [5.74, 6) is 0.807. The second-order valence-corrected chi connectivity index (χ2v) is 4.30. The zero-order chi connectivity index (χ0) is 14.5. The van der Waals surface area contributed by atoms with Crippen LogP contribution < -0.4 is 4.74 Å². The molecule has 0 radical (unpaired) electrons. The molecule has 3 aromatic rings. The monoisotopic (exact) mass is 273 g/mol. The van der Waals surface area contributed by atoms with Crippen molar-refractivity contribution < 1.29 is 4.74 Å². The van der Waals surface area contributed by atoms with Crippen LogP contribution in [-0.4, -0.2) is 9.97 Å². The molecule has 0 aliphatic carbocycles. The summed E-state index contributed by atoms with van der Waals surface area (Å²) < 4.78 is 5.71. The van der Waals surface area contributed by atoms with Gasteiger partial charge in [0.05, 0.1) is 29.4 Å². The minimum Gasteiger partial charge on any atom is -0.436 e. The minimum absolute atomic E-state index is 0.360. The van der Waals surface area contributed by atoms with E-state index in [1.807, 2.05) is 60.7 Å². The maximum Gasteiger partial charge on any atom is 0.238 e. The van der Waals surface area contributed by atoms with Gasteiger partial charge in [-0.15, -0.1) is 0 Å². The average Bonchev–Trinajstić information content (AvgIpc) is 2.55. The quantitative estimate of drug-likeness (QED) is 0.540. The van der Waals surface area contributed by atoms with Gasteiger partial charge in [-0.05, 0) is 12.1 Å². The largest absolute Gasteiger partial charge is 0.436 e. The third kappa shape index (κ3) is 2.88. The molecule has 0 bridgehead atoms. The Morgan fingerprint density at radius 2 is 1.71 bits per heavy atom. The summed E-state index contributed by atoms with van der Waals surface area (Å²) in [4.78, 5) is 8.68. The lowest BCUT2D eigenvalue weighted by molar-refractivity contribution is 0.493. The zero-order valence-electron chi connectivity index (χ0n) is 11.1. The molecule has 100 valence electrons. The Hall–Kier alpha value is -3.19. The lowest BCUT2D eigenvalue weighted by atomic mass is 10.2. The van der Waals surface area contributed by atoms with E-state index in [2.05, 4.69) is 9.97 Å². The lowest BCUT2D eigenvalue weighted by Crippen LogP contribution is -1.97. The van der Waals surface area contributed by atoms with Crippen molar-refractivity contribution in [2.45, 2.75) is 0 Å². The standard InChI is InChI=1S/C17H11N3O/c18-11-10-16(13-6-2-1-3-7-13)21-17-12-19-14-8-4-5-9-15(14)20-17/h1-10,12H/b16-10-. The Balaban J connectivity index is 1.95. The summed E-state index contributed by atoms with van der Waals surface area (Å²) in [7, 11) is 0. The van der Waals surface area contributed by atoms with Crippen molar-refractivity contribution in [1.29, 1.82) is 5.26 Å². The molecule has 0 aliphatic heterocycles. The Kier molecular flexibility index (Phi) is 3.57. The number of benzene rings is 2. The predicted molar refractivity (Wildman–Crippen MR) is 80.2 cm³/mol. The van der Waals surface area contributed by atoms with E-state index in [1.165, 1.54) is 6.08 Å². The van der Waals surface area contributed by atoms with Gasteiger partial charge in [0.25, 0.3) is 0 Å². The van der Waals surface area contributed by atoms with Crippen molar-refractivity contribution in [3.8, 4) is 11.9 Å². The molecule has 0 saturated carbocycles. The molecule has 4 nitrogen and oxygen atoms in total. The van der Waals surface area contributed by atoms with Crippen molar-refractivity contribution >= 4 is 16.8 Å². The van der Waals surface area contributed by atoms with E-state index in [-0.39, 0.29) is 0 Å². The lowest BCUT2D eigenvalue weighted by Gasteiger charge is -2.08. The summed E-state index contributed by atoms with van der Waals surface area (Å²) >= 11 is 0. The van der Waals surface area contributed by atoms with Crippen LogP contribution in [0.1, 0.15) is 5.56 Å².